The van der Waals surface area contributed by atoms with Crippen LogP contribution in [0.2, 0.25) is 0 Å². The van der Waals surface area contributed by atoms with Gasteiger partial charge in [-0.3, -0.25) is 4.79 Å². The predicted octanol–water partition coefficient (Wildman–Crippen LogP) is -1.55. The topological polar surface area (TPSA) is 43.1 Å². The Balaban J connectivity index is 0. The summed E-state index contributed by atoms with van der Waals surface area (Å²) in [5.41, 5.74) is 4.17. The fourth-order valence-corrected chi connectivity index (χ4v) is 0. The molecule has 0 bridgehead atoms. The average Bonchev–Trinajstić information content (AvgIpc) is 0.918. The van der Waals surface area contributed by atoms with Crippen molar-refractivity contribution in [2.75, 3.05) is 0 Å². The molecule has 0 aliphatic rings. The molecule has 3 heteroatoms. The molecule has 0 aliphatic heterocycles. The maximum absolute atomic E-state index is 8.58. The minimum absolute atomic E-state index is 0. The molecule has 0 atom stereocenters. The van der Waals surface area contributed by atoms with Gasteiger partial charge in [0.1, 0.15) is 0 Å². The Morgan fingerprint density at radius 3 is 1.75 bits per heavy atom. The second-order valence-corrected chi connectivity index (χ2v) is 0.136. The molecule has 0 aromatic rings. The van der Waals surface area contributed by atoms with Gasteiger partial charge < -0.3 is 5.73 Å². The van der Waals surface area contributed by atoms with E-state index in [1.807, 2.05) is 0 Å². The summed E-state index contributed by atoms with van der Waals surface area (Å²) in [5, 5.41) is 0. The summed E-state index contributed by atoms with van der Waals surface area (Å²) < 4.78 is 0. The molecule has 2 N–H and O–H groups in total. The van der Waals surface area contributed by atoms with Gasteiger partial charge in [0.15, 0.2) is 0 Å². The zero-order valence-electron chi connectivity index (χ0n) is 1.56. The molecule has 0 aromatic carbocycles. The molecule has 0 aromatic heterocycles. The number of hydrogen-bond acceptors (Lipinski definition) is 1. The van der Waals surface area contributed by atoms with E-state index in [1.54, 1.807) is 0 Å². The summed E-state index contributed by atoms with van der Waals surface area (Å²) in [7, 11) is 0. The van der Waals surface area contributed by atoms with Gasteiger partial charge in [0, 0.05) is 0 Å². The Hall–Kier alpha value is 0.470. The van der Waals surface area contributed by atoms with Crippen LogP contribution in [-0.4, -0.2) is 36.0 Å². The predicted molar refractivity (Wildman–Crippen MR) is 17.4 cm³/mol. The summed E-state index contributed by atoms with van der Waals surface area (Å²) >= 11 is 0. The number of rotatable bonds is 0. The third kappa shape index (κ3) is 24.2. The van der Waals surface area contributed by atoms with Crippen molar-refractivity contribution in [3.05, 3.63) is 0 Å². The van der Waals surface area contributed by atoms with Crippen LogP contribution in [0, 0.1) is 0 Å². The van der Waals surface area contributed by atoms with E-state index in [2.05, 4.69) is 5.73 Å². The molecule has 0 rings (SSSR count). The van der Waals surface area contributed by atoms with Crippen LogP contribution in [0.5, 0.6) is 0 Å². The molecule has 0 spiro atoms. The van der Waals surface area contributed by atoms with Crippen molar-refractivity contribution < 1.29 is 4.79 Å². The van der Waals surface area contributed by atoms with E-state index < -0.39 is 0 Å². The van der Waals surface area contributed by atoms with Crippen LogP contribution in [0.25, 0.3) is 0 Å². The van der Waals surface area contributed by atoms with E-state index in [9.17, 15) is 0 Å². The third-order valence-corrected chi connectivity index (χ3v) is 0. The molecule has 0 unspecified atom stereocenters. The number of carbonyl (C=O) groups excluding carboxylic acids is 1. The molecule has 0 heterocycles. The first-order valence-corrected chi connectivity index (χ1v) is 0.569. The van der Waals surface area contributed by atoms with Gasteiger partial charge in [-0.2, -0.15) is 0 Å². The number of hydrogen-bond donors (Lipinski definition) is 1. The van der Waals surface area contributed by atoms with E-state index in [4.69, 9.17) is 4.79 Å². The van der Waals surface area contributed by atoms with Crippen LogP contribution in [0.3, 0.4) is 0 Å². The molecular formula is CH4NNaO. The maximum atomic E-state index is 8.58. The molecule has 0 radical (unpaired) electrons. The van der Waals surface area contributed by atoms with Gasteiger partial charge in [0.2, 0.25) is 6.41 Å². The minimum atomic E-state index is 0. The first-order valence-electron chi connectivity index (χ1n) is 0.569. The summed E-state index contributed by atoms with van der Waals surface area (Å²) in [6.45, 7) is 0. The van der Waals surface area contributed by atoms with E-state index in [0.717, 1.165) is 0 Å². The molecule has 1 amide bonds. The Kier molecular flexibility index (Phi) is 21.6. The molecule has 0 aliphatic carbocycles. The zero-order valence-corrected chi connectivity index (χ0v) is 1.56. The third-order valence-electron chi connectivity index (χ3n) is 0. The molecule has 0 saturated carbocycles. The normalized spacial score (nSPS) is 3.00. The van der Waals surface area contributed by atoms with E-state index >= 15 is 0 Å². The first-order chi connectivity index (χ1) is 1.41. The Morgan fingerprint density at radius 1 is 1.75 bits per heavy atom. The van der Waals surface area contributed by atoms with Gasteiger partial charge in [-0.15, -0.1) is 0 Å². The number of amides is 1. The fourth-order valence-electron chi connectivity index (χ4n) is 0. The van der Waals surface area contributed by atoms with Gasteiger partial charge in [0.05, 0.1) is 0 Å². The van der Waals surface area contributed by atoms with Crippen LogP contribution in [0.15, 0.2) is 0 Å². The van der Waals surface area contributed by atoms with Crippen molar-refractivity contribution in [3.63, 3.8) is 0 Å². The SMILES string of the molecule is NC=O.[NaH]. The Labute approximate surface area is 46.7 Å². The number of nitrogens with two attached hydrogens (primary N) is 1. The molecule has 0 saturated heterocycles. The van der Waals surface area contributed by atoms with Crippen LogP contribution in [0.4, 0.5) is 0 Å². The van der Waals surface area contributed by atoms with Crippen molar-refractivity contribution in [2.45, 2.75) is 0 Å². The van der Waals surface area contributed by atoms with E-state index in [0.29, 0.717) is 0 Å². The van der Waals surface area contributed by atoms with Crippen molar-refractivity contribution in [1.82, 2.24) is 0 Å². The Bertz CT molecular complexity index is 15.5. The molecule has 4 heavy (non-hydrogen) atoms. The Morgan fingerprint density at radius 2 is 1.75 bits per heavy atom. The molecule has 20 valence electrons. The first kappa shape index (κ1) is 8.82. The summed E-state index contributed by atoms with van der Waals surface area (Å²) in [4.78, 5) is 8.58. The fraction of sp³-hybridized carbons (Fsp3) is 0. The summed E-state index contributed by atoms with van der Waals surface area (Å²) in [6, 6.07) is 0. The van der Waals surface area contributed by atoms with Gasteiger partial charge >= 0.3 is 29.6 Å². The second-order valence-electron chi connectivity index (χ2n) is 0.136. The van der Waals surface area contributed by atoms with Gasteiger partial charge in [-0.1, -0.05) is 0 Å². The van der Waals surface area contributed by atoms with Gasteiger partial charge in [0.25, 0.3) is 0 Å². The van der Waals surface area contributed by atoms with Crippen LogP contribution < -0.4 is 5.73 Å². The second kappa shape index (κ2) is 9.80. The van der Waals surface area contributed by atoms with Crippen molar-refractivity contribution >= 4 is 36.0 Å². The molecular weight excluding hydrogens is 65.0 g/mol. The molecule has 0 fully saturated rings. The zero-order chi connectivity index (χ0) is 2.71. The number of primary amides is 1. The standard InChI is InChI=1S/CH3NO.Na.H/c2-1-3;;/h1H,(H2,2,3);;. The van der Waals surface area contributed by atoms with E-state index in [-0.39, 0.29) is 36.0 Å². The summed E-state index contributed by atoms with van der Waals surface area (Å²) in [6.07, 6.45) is 0.250. The van der Waals surface area contributed by atoms with Crippen molar-refractivity contribution in [1.29, 1.82) is 0 Å². The van der Waals surface area contributed by atoms with Crippen molar-refractivity contribution in [3.8, 4) is 0 Å². The van der Waals surface area contributed by atoms with Gasteiger partial charge in [-0.25, -0.2) is 0 Å². The van der Waals surface area contributed by atoms with Crippen LogP contribution >= 0.6 is 0 Å². The average molecular weight is 69.0 g/mol. The molecule has 2 nitrogen and oxygen atoms in total. The van der Waals surface area contributed by atoms with Crippen LogP contribution in [-0.2, 0) is 4.79 Å². The monoisotopic (exact) mass is 69.0 g/mol. The number of carbonyl (C=O) groups is 1. The van der Waals surface area contributed by atoms with Gasteiger partial charge in [-0.05, 0) is 0 Å². The van der Waals surface area contributed by atoms with Crippen LogP contribution in [0.1, 0.15) is 0 Å². The summed E-state index contributed by atoms with van der Waals surface area (Å²) in [5.74, 6) is 0. The quantitative estimate of drug-likeness (QED) is 0.271. The van der Waals surface area contributed by atoms with Crippen molar-refractivity contribution in [2.24, 2.45) is 5.73 Å². The van der Waals surface area contributed by atoms with E-state index in [1.165, 1.54) is 0 Å².